The van der Waals surface area contributed by atoms with Gasteiger partial charge in [0.25, 0.3) is 0 Å². The Morgan fingerprint density at radius 3 is 2.55 bits per heavy atom. The molecule has 0 heteroatoms. The first-order chi connectivity index (χ1) is 5.35. The molecule has 0 aliphatic carbocycles. The van der Waals surface area contributed by atoms with E-state index < -0.39 is 0 Å². The van der Waals surface area contributed by atoms with Crippen molar-refractivity contribution in [3.8, 4) is 0 Å². The zero-order valence-electron chi connectivity index (χ0n) is 7.38. The van der Waals surface area contributed by atoms with Crippen LogP contribution in [0.5, 0.6) is 0 Å². The third kappa shape index (κ3) is 5.41. The molecule has 0 nitrogen and oxygen atoms in total. The van der Waals surface area contributed by atoms with Gasteiger partial charge in [0.2, 0.25) is 0 Å². The molecular weight excluding hydrogens is 132 g/mol. The summed E-state index contributed by atoms with van der Waals surface area (Å²) in [6.07, 6.45) is 13.2. The lowest BCUT2D eigenvalue weighted by Gasteiger charge is -1.86. The van der Waals surface area contributed by atoms with E-state index in [9.17, 15) is 0 Å². The van der Waals surface area contributed by atoms with Crippen LogP contribution in [0.4, 0.5) is 0 Å². The monoisotopic (exact) mass is 148 g/mol. The van der Waals surface area contributed by atoms with Crippen LogP contribution in [0.2, 0.25) is 0 Å². The first-order valence-corrected chi connectivity index (χ1v) is 3.97. The van der Waals surface area contributed by atoms with Crippen LogP contribution in [0.1, 0.15) is 20.3 Å². The summed E-state index contributed by atoms with van der Waals surface area (Å²) in [5.74, 6) is 0. The van der Waals surface area contributed by atoms with E-state index in [2.05, 4.69) is 19.6 Å². The first-order valence-electron chi connectivity index (χ1n) is 3.97. The summed E-state index contributed by atoms with van der Waals surface area (Å²) < 4.78 is 0. The SMILES string of the molecule is C=CC(C=CC=CCC)=CC. The van der Waals surface area contributed by atoms with Crippen molar-refractivity contribution in [2.45, 2.75) is 20.3 Å². The van der Waals surface area contributed by atoms with Crippen LogP contribution in [0.3, 0.4) is 0 Å². The maximum Gasteiger partial charge on any atom is -0.0305 e. The minimum atomic E-state index is 1.09. The molecule has 0 aromatic carbocycles. The molecule has 0 bridgehead atoms. The number of hydrogen-bond donors (Lipinski definition) is 0. The zero-order valence-corrected chi connectivity index (χ0v) is 7.38. The Kier molecular flexibility index (Phi) is 6.40. The number of rotatable bonds is 4. The second-order valence-corrected chi connectivity index (χ2v) is 2.19. The highest BCUT2D eigenvalue weighted by molar-refractivity contribution is 5.30. The Morgan fingerprint density at radius 2 is 2.09 bits per heavy atom. The van der Waals surface area contributed by atoms with Crippen molar-refractivity contribution >= 4 is 0 Å². The average Bonchev–Trinajstić information content (AvgIpc) is 2.05. The van der Waals surface area contributed by atoms with E-state index in [4.69, 9.17) is 0 Å². The van der Waals surface area contributed by atoms with Gasteiger partial charge in [0.05, 0.1) is 0 Å². The Labute approximate surface area is 69.6 Å². The van der Waals surface area contributed by atoms with Crippen molar-refractivity contribution in [2.24, 2.45) is 0 Å². The number of hydrogen-bond acceptors (Lipinski definition) is 0. The van der Waals surface area contributed by atoms with E-state index >= 15 is 0 Å². The summed E-state index contributed by atoms with van der Waals surface area (Å²) in [6, 6.07) is 0. The third-order valence-corrected chi connectivity index (χ3v) is 1.34. The van der Waals surface area contributed by atoms with E-state index in [0.29, 0.717) is 0 Å². The van der Waals surface area contributed by atoms with Crippen LogP contribution in [-0.4, -0.2) is 0 Å². The predicted molar refractivity (Wildman–Crippen MR) is 52.5 cm³/mol. The largest absolute Gasteiger partial charge is 0.0985 e. The average molecular weight is 148 g/mol. The second-order valence-electron chi connectivity index (χ2n) is 2.19. The van der Waals surface area contributed by atoms with Gasteiger partial charge in [0.15, 0.2) is 0 Å². The molecule has 0 aliphatic heterocycles. The van der Waals surface area contributed by atoms with Gasteiger partial charge >= 0.3 is 0 Å². The van der Waals surface area contributed by atoms with E-state index in [1.165, 1.54) is 0 Å². The molecule has 0 aromatic rings. The van der Waals surface area contributed by atoms with Gasteiger partial charge in [-0.2, -0.15) is 0 Å². The molecule has 0 fully saturated rings. The fourth-order valence-corrected chi connectivity index (χ4v) is 0.663. The van der Waals surface area contributed by atoms with Crippen molar-refractivity contribution in [2.75, 3.05) is 0 Å². The molecule has 0 radical (unpaired) electrons. The number of allylic oxidation sites excluding steroid dienone is 7. The molecule has 0 heterocycles. The standard InChI is InChI=1S/C11H16/c1-4-7-8-9-10-11(5-2)6-3/h5-10H,2,4H2,1,3H3. The molecule has 0 saturated carbocycles. The molecule has 0 atom stereocenters. The van der Waals surface area contributed by atoms with Crippen molar-refractivity contribution in [1.82, 2.24) is 0 Å². The van der Waals surface area contributed by atoms with Gasteiger partial charge in [0.1, 0.15) is 0 Å². The second kappa shape index (κ2) is 7.07. The minimum Gasteiger partial charge on any atom is -0.0985 e. The molecule has 0 saturated heterocycles. The van der Waals surface area contributed by atoms with Gasteiger partial charge in [-0.1, -0.05) is 50.0 Å². The molecule has 0 unspecified atom stereocenters. The highest BCUT2D eigenvalue weighted by Gasteiger charge is 1.76. The topological polar surface area (TPSA) is 0 Å². The van der Waals surface area contributed by atoms with Gasteiger partial charge in [-0.3, -0.25) is 0 Å². The fourth-order valence-electron chi connectivity index (χ4n) is 0.663. The van der Waals surface area contributed by atoms with Crippen LogP contribution >= 0.6 is 0 Å². The van der Waals surface area contributed by atoms with E-state index in [0.717, 1.165) is 12.0 Å². The molecular formula is C11H16. The molecule has 11 heavy (non-hydrogen) atoms. The van der Waals surface area contributed by atoms with Crippen LogP contribution < -0.4 is 0 Å². The highest BCUT2D eigenvalue weighted by Crippen LogP contribution is 1.97. The molecule has 0 rings (SSSR count). The molecule has 0 aromatic heterocycles. The van der Waals surface area contributed by atoms with Crippen LogP contribution in [0.25, 0.3) is 0 Å². The van der Waals surface area contributed by atoms with Crippen molar-refractivity contribution < 1.29 is 0 Å². The lowest BCUT2D eigenvalue weighted by molar-refractivity contribution is 1.22. The summed E-state index contributed by atoms with van der Waals surface area (Å²) in [5.41, 5.74) is 1.16. The Balaban J connectivity index is 3.91. The molecule has 0 spiro atoms. The lowest BCUT2D eigenvalue weighted by atomic mass is 10.2. The van der Waals surface area contributed by atoms with Crippen molar-refractivity contribution in [3.63, 3.8) is 0 Å². The van der Waals surface area contributed by atoms with Gasteiger partial charge < -0.3 is 0 Å². The van der Waals surface area contributed by atoms with Gasteiger partial charge in [-0.25, -0.2) is 0 Å². The van der Waals surface area contributed by atoms with Gasteiger partial charge in [0, 0.05) is 0 Å². The maximum atomic E-state index is 3.69. The Morgan fingerprint density at radius 1 is 1.36 bits per heavy atom. The van der Waals surface area contributed by atoms with E-state index in [1.54, 1.807) is 0 Å². The van der Waals surface area contributed by atoms with Crippen molar-refractivity contribution in [3.05, 3.63) is 48.6 Å². The third-order valence-electron chi connectivity index (χ3n) is 1.34. The van der Waals surface area contributed by atoms with E-state index in [1.807, 2.05) is 37.3 Å². The Hall–Kier alpha value is -1.04. The molecule has 0 N–H and O–H groups in total. The van der Waals surface area contributed by atoms with Crippen LogP contribution in [-0.2, 0) is 0 Å². The smallest absolute Gasteiger partial charge is 0.0305 e. The highest BCUT2D eigenvalue weighted by atomic mass is 13.8. The summed E-state index contributed by atoms with van der Waals surface area (Å²) >= 11 is 0. The lowest BCUT2D eigenvalue weighted by Crippen LogP contribution is -1.65. The van der Waals surface area contributed by atoms with Crippen LogP contribution in [0.15, 0.2) is 48.6 Å². The summed E-state index contributed by atoms with van der Waals surface area (Å²) in [6.45, 7) is 7.81. The molecule has 0 aliphatic rings. The van der Waals surface area contributed by atoms with Crippen molar-refractivity contribution in [1.29, 1.82) is 0 Å². The van der Waals surface area contributed by atoms with Gasteiger partial charge in [-0.15, -0.1) is 0 Å². The summed E-state index contributed by atoms with van der Waals surface area (Å²) in [5, 5.41) is 0. The van der Waals surface area contributed by atoms with Gasteiger partial charge in [-0.05, 0) is 18.9 Å². The molecule has 60 valence electrons. The summed E-state index contributed by atoms with van der Waals surface area (Å²) in [4.78, 5) is 0. The minimum absolute atomic E-state index is 1.09. The zero-order chi connectivity index (χ0) is 8.53. The summed E-state index contributed by atoms with van der Waals surface area (Å²) in [7, 11) is 0. The Bertz CT molecular complexity index is 180. The molecule has 0 amide bonds. The fraction of sp³-hybridized carbons (Fsp3) is 0.273. The first kappa shape index (κ1) is 9.96. The quantitative estimate of drug-likeness (QED) is 0.534. The normalized spacial score (nSPS) is 13.1. The maximum absolute atomic E-state index is 3.69. The van der Waals surface area contributed by atoms with E-state index in [-0.39, 0.29) is 0 Å². The predicted octanol–water partition coefficient (Wildman–Crippen LogP) is 3.64. The van der Waals surface area contributed by atoms with Crippen LogP contribution in [0, 0.1) is 0 Å².